The number of piperidine rings is 1. The standard InChI is InChI=1S/C21H31N.C13H19N.2C4H10/c1-4-5-7-10-19(3)21(20-11-8-6-9-12-20)17-22-15-13-18(2)14-16-22;1-5-11-14-13(4)10-8-7-9-12(3)6-2;2*1-3-4-2/h5-12,18,21H,4,13-17H2,1-3H3;6,9,14H,2,4-5,10-11H2,1,3H3;2*3-4H2,1-2H3/b7-5-,19-10+;12-9-;;. The SMILES string of the molecule is C=C/C(C)=C\C#CCC(=C)NCCC.CC/C=C\C=C(/C)C(CN1CCC(C)CC1)c1ccccc1.CCCC.CCCC. The summed E-state index contributed by atoms with van der Waals surface area (Å²) in [7, 11) is 0. The predicted molar refractivity (Wildman–Crippen MR) is 202 cm³/mol. The Morgan fingerprint density at radius 3 is 2.05 bits per heavy atom. The number of benzene rings is 1. The van der Waals surface area contributed by atoms with Gasteiger partial charge in [0.2, 0.25) is 0 Å². The van der Waals surface area contributed by atoms with Gasteiger partial charge in [-0.1, -0.05) is 159 Å². The van der Waals surface area contributed by atoms with E-state index >= 15 is 0 Å². The van der Waals surface area contributed by atoms with E-state index in [1.165, 1.54) is 62.8 Å². The first-order valence-corrected chi connectivity index (χ1v) is 17.5. The third-order valence-electron chi connectivity index (χ3n) is 7.45. The summed E-state index contributed by atoms with van der Waals surface area (Å²) in [5, 5.41) is 3.20. The summed E-state index contributed by atoms with van der Waals surface area (Å²) in [6, 6.07) is 11.0. The monoisotopic (exact) mass is 603 g/mol. The first kappa shape index (κ1) is 43.4. The fourth-order valence-electron chi connectivity index (χ4n) is 3.92. The number of nitrogens with zero attached hydrogens (tertiary/aromatic N) is 1. The molecule has 0 aromatic heterocycles. The van der Waals surface area contributed by atoms with Crippen molar-refractivity contribution in [2.24, 2.45) is 5.92 Å². The molecule has 1 aromatic rings. The minimum Gasteiger partial charge on any atom is -0.388 e. The molecule has 1 fully saturated rings. The van der Waals surface area contributed by atoms with Crippen molar-refractivity contribution in [3.8, 4) is 11.8 Å². The number of allylic oxidation sites excluding steroid dienone is 7. The number of nitrogens with one attached hydrogen (secondary N) is 1. The van der Waals surface area contributed by atoms with Gasteiger partial charge in [-0.05, 0) is 75.8 Å². The molecule has 1 atom stereocenters. The van der Waals surface area contributed by atoms with Crippen molar-refractivity contribution in [1.29, 1.82) is 0 Å². The Morgan fingerprint density at radius 1 is 0.955 bits per heavy atom. The highest BCUT2D eigenvalue weighted by Crippen LogP contribution is 2.27. The Morgan fingerprint density at radius 2 is 1.55 bits per heavy atom. The molecule has 248 valence electrons. The maximum Gasteiger partial charge on any atom is 0.0485 e. The van der Waals surface area contributed by atoms with Gasteiger partial charge in [-0.25, -0.2) is 0 Å². The van der Waals surface area contributed by atoms with Crippen LogP contribution in [-0.2, 0) is 0 Å². The highest BCUT2D eigenvalue weighted by Gasteiger charge is 2.21. The van der Waals surface area contributed by atoms with Gasteiger partial charge >= 0.3 is 0 Å². The van der Waals surface area contributed by atoms with Crippen molar-refractivity contribution in [3.63, 3.8) is 0 Å². The minimum atomic E-state index is 0.510. The molecule has 0 bridgehead atoms. The summed E-state index contributed by atoms with van der Waals surface area (Å²) in [6.07, 6.45) is 21.3. The van der Waals surface area contributed by atoms with Crippen LogP contribution in [0.25, 0.3) is 0 Å². The zero-order valence-corrected chi connectivity index (χ0v) is 30.5. The average molecular weight is 603 g/mol. The fraction of sp³-hybridized carbons (Fsp3) is 0.571. The Kier molecular flexibility index (Phi) is 31.2. The van der Waals surface area contributed by atoms with Crippen molar-refractivity contribution >= 4 is 0 Å². The largest absolute Gasteiger partial charge is 0.388 e. The molecule has 0 amide bonds. The van der Waals surface area contributed by atoms with Gasteiger partial charge in [0.05, 0.1) is 0 Å². The molecule has 2 nitrogen and oxygen atoms in total. The summed E-state index contributed by atoms with van der Waals surface area (Å²) < 4.78 is 0. The van der Waals surface area contributed by atoms with E-state index in [1.807, 2.05) is 13.0 Å². The van der Waals surface area contributed by atoms with Crippen molar-refractivity contribution < 1.29 is 0 Å². The molecule has 0 saturated carbocycles. The van der Waals surface area contributed by atoms with Gasteiger partial charge in [0, 0.05) is 31.1 Å². The lowest BCUT2D eigenvalue weighted by atomic mass is 9.89. The molecule has 1 saturated heterocycles. The predicted octanol–water partition coefficient (Wildman–Crippen LogP) is 12.1. The van der Waals surface area contributed by atoms with E-state index in [9.17, 15) is 0 Å². The first-order valence-electron chi connectivity index (χ1n) is 17.5. The fourth-order valence-corrected chi connectivity index (χ4v) is 3.92. The van der Waals surface area contributed by atoms with Gasteiger partial charge in [0.25, 0.3) is 0 Å². The zero-order valence-electron chi connectivity index (χ0n) is 30.5. The van der Waals surface area contributed by atoms with E-state index in [-0.39, 0.29) is 0 Å². The average Bonchev–Trinajstić information content (AvgIpc) is 3.06. The number of hydrogen-bond acceptors (Lipinski definition) is 2. The van der Waals surface area contributed by atoms with Crippen LogP contribution in [0.1, 0.15) is 132 Å². The van der Waals surface area contributed by atoms with Gasteiger partial charge in [0.1, 0.15) is 0 Å². The van der Waals surface area contributed by atoms with E-state index in [0.29, 0.717) is 12.3 Å². The van der Waals surface area contributed by atoms with Gasteiger partial charge in [-0.15, -0.1) is 0 Å². The molecule has 2 rings (SSSR count). The molecular formula is C42H70N2. The first-order chi connectivity index (χ1) is 21.2. The van der Waals surface area contributed by atoms with Crippen molar-refractivity contribution in [3.05, 3.63) is 96.3 Å². The quantitative estimate of drug-likeness (QED) is 0.178. The van der Waals surface area contributed by atoms with E-state index in [4.69, 9.17) is 0 Å². The minimum absolute atomic E-state index is 0.510. The highest BCUT2D eigenvalue weighted by molar-refractivity contribution is 5.30. The molecule has 1 aliphatic heterocycles. The van der Waals surface area contributed by atoms with Crippen LogP contribution in [0.15, 0.2) is 90.7 Å². The number of rotatable bonds is 13. The van der Waals surface area contributed by atoms with Crippen molar-refractivity contribution in [1.82, 2.24) is 10.2 Å². The van der Waals surface area contributed by atoms with Crippen molar-refractivity contribution in [2.75, 3.05) is 26.2 Å². The van der Waals surface area contributed by atoms with Crippen LogP contribution in [0.3, 0.4) is 0 Å². The lowest BCUT2D eigenvalue weighted by molar-refractivity contribution is 0.187. The Hall–Kier alpha value is -2.76. The number of unbranched alkanes of at least 4 members (excludes halogenated alkanes) is 2. The lowest BCUT2D eigenvalue weighted by Crippen LogP contribution is -2.36. The highest BCUT2D eigenvalue weighted by atomic mass is 15.1. The molecular weight excluding hydrogens is 532 g/mol. The smallest absolute Gasteiger partial charge is 0.0485 e. The van der Waals surface area contributed by atoms with E-state index < -0.39 is 0 Å². The van der Waals surface area contributed by atoms with Gasteiger partial charge in [0.15, 0.2) is 0 Å². The van der Waals surface area contributed by atoms with Crippen LogP contribution in [0.2, 0.25) is 0 Å². The Labute approximate surface area is 275 Å². The third kappa shape index (κ3) is 25.7. The normalized spacial score (nSPS) is 14.4. The maximum absolute atomic E-state index is 3.87. The van der Waals surface area contributed by atoms with Crippen LogP contribution in [0.5, 0.6) is 0 Å². The van der Waals surface area contributed by atoms with E-state index in [0.717, 1.165) is 43.1 Å². The van der Waals surface area contributed by atoms with Crippen LogP contribution >= 0.6 is 0 Å². The molecule has 44 heavy (non-hydrogen) atoms. The molecule has 1 N–H and O–H groups in total. The lowest BCUT2D eigenvalue weighted by Gasteiger charge is -2.33. The van der Waals surface area contributed by atoms with Crippen LogP contribution in [0.4, 0.5) is 0 Å². The maximum atomic E-state index is 3.87. The summed E-state index contributed by atoms with van der Waals surface area (Å²) >= 11 is 0. The molecule has 0 spiro atoms. The second-order valence-corrected chi connectivity index (χ2v) is 11.8. The van der Waals surface area contributed by atoms with Crippen LogP contribution in [-0.4, -0.2) is 31.1 Å². The number of likely N-dealkylation sites (tertiary alicyclic amines) is 1. The molecule has 0 radical (unpaired) electrons. The summed E-state index contributed by atoms with van der Waals surface area (Å²) in [4.78, 5) is 2.65. The van der Waals surface area contributed by atoms with E-state index in [2.05, 4.69) is 139 Å². The summed E-state index contributed by atoms with van der Waals surface area (Å²) in [6.45, 7) is 31.8. The Balaban J connectivity index is 0. The van der Waals surface area contributed by atoms with Gasteiger partial charge in [-0.2, -0.15) is 0 Å². The molecule has 1 unspecified atom stereocenters. The second kappa shape index (κ2) is 31.7. The summed E-state index contributed by atoms with van der Waals surface area (Å²) in [5.74, 6) is 7.39. The Bertz CT molecular complexity index is 954. The van der Waals surface area contributed by atoms with Gasteiger partial charge < -0.3 is 10.2 Å². The molecule has 2 heteroatoms. The molecule has 1 aliphatic rings. The van der Waals surface area contributed by atoms with E-state index in [1.54, 1.807) is 6.08 Å². The van der Waals surface area contributed by atoms with Crippen molar-refractivity contribution in [2.45, 2.75) is 126 Å². The molecule has 1 aromatic carbocycles. The molecule has 1 heterocycles. The third-order valence-corrected chi connectivity index (χ3v) is 7.45. The number of hydrogen-bond donors (Lipinski definition) is 1. The topological polar surface area (TPSA) is 15.3 Å². The second-order valence-electron chi connectivity index (χ2n) is 11.8. The van der Waals surface area contributed by atoms with Crippen LogP contribution in [0, 0.1) is 17.8 Å². The van der Waals surface area contributed by atoms with Crippen LogP contribution < -0.4 is 5.32 Å². The zero-order chi connectivity index (χ0) is 33.4. The summed E-state index contributed by atoms with van der Waals surface area (Å²) in [5.41, 5.74) is 4.99. The van der Waals surface area contributed by atoms with Gasteiger partial charge in [-0.3, -0.25) is 0 Å². The molecule has 0 aliphatic carbocycles.